The van der Waals surface area contributed by atoms with E-state index in [-0.39, 0.29) is 10.3 Å². The van der Waals surface area contributed by atoms with Crippen molar-refractivity contribution in [3.8, 4) is 0 Å². The van der Waals surface area contributed by atoms with Crippen molar-refractivity contribution in [2.75, 3.05) is 32.9 Å². The maximum atomic E-state index is 5.73. The zero-order valence-corrected chi connectivity index (χ0v) is 15.5. The lowest BCUT2D eigenvalue weighted by molar-refractivity contribution is 0.371. The molecular weight excluding hydrogens is 288 g/mol. The molecule has 0 saturated carbocycles. The molecule has 0 aromatic rings. The standard InChI is InChI=1S/C14H32N4S2/c1-13(2,17-10-12(16)9-15)11-14(3,4)20-19-8-7-18(5)6/h10,17H,7-9,11,15-16H2,1-6H3/b12-10-. The molecule has 0 rings (SSSR count). The van der Waals surface area contributed by atoms with Gasteiger partial charge in [0.25, 0.3) is 0 Å². The van der Waals surface area contributed by atoms with Gasteiger partial charge >= 0.3 is 0 Å². The van der Waals surface area contributed by atoms with Crippen molar-refractivity contribution in [2.24, 2.45) is 11.5 Å². The average Bonchev–Trinajstić information content (AvgIpc) is 2.30. The molecule has 120 valence electrons. The third-order valence-corrected chi connectivity index (χ3v) is 5.93. The molecule has 0 heterocycles. The SMILES string of the molecule is CN(C)CCSSC(C)(C)CC(C)(C)N/C=C(\N)CN. The molecule has 0 atom stereocenters. The Morgan fingerprint density at radius 2 is 1.85 bits per heavy atom. The zero-order chi connectivity index (χ0) is 15.8. The quantitative estimate of drug-likeness (QED) is 0.424. The minimum atomic E-state index is -0.00159. The number of hydrogen-bond donors (Lipinski definition) is 3. The third kappa shape index (κ3) is 10.7. The van der Waals surface area contributed by atoms with Gasteiger partial charge in [-0.25, -0.2) is 0 Å². The molecule has 0 saturated heterocycles. The molecule has 4 nitrogen and oxygen atoms in total. The van der Waals surface area contributed by atoms with Crippen LogP contribution in [-0.2, 0) is 0 Å². The molecule has 0 spiro atoms. The molecule has 0 aliphatic carbocycles. The molecule has 0 aliphatic rings. The van der Waals surface area contributed by atoms with Gasteiger partial charge in [0.05, 0.1) is 0 Å². The second-order valence-electron chi connectivity index (χ2n) is 6.60. The first-order chi connectivity index (χ1) is 9.08. The van der Waals surface area contributed by atoms with Crippen molar-refractivity contribution in [1.82, 2.24) is 10.2 Å². The zero-order valence-electron chi connectivity index (χ0n) is 13.8. The van der Waals surface area contributed by atoms with E-state index in [0.717, 1.165) is 18.7 Å². The van der Waals surface area contributed by atoms with Gasteiger partial charge in [-0.15, -0.1) is 0 Å². The van der Waals surface area contributed by atoms with Gasteiger partial charge in [-0.2, -0.15) is 0 Å². The lowest BCUT2D eigenvalue weighted by Gasteiger charge is -2.34. The highest BCUT2D eigenvalue weighted by atomic mass is 33.1. The molecule has 0 aliphatic heterocycles. The Kier molecular flexibility index (Phi) is 9.06. The summed E-state index contributed by atoms with van der Waals surface area (Å²) < 4.78 is 0.207. The fourth-order valence-electron chi connectivity index (χ4n) is 1.91. The first-order valence-electron chi connectivity index (χ1n) is 6.96. The molecular formula is C14H32N4S2. The smallest absolute Gasteiger partial charge is 0.0379 e. The van der Waals surface area contributed by atoms with E-state index in [4.69, 9.17) is 11.5 Å². The number of rotatable bonds is 10. The van der Waals surface area contributed by atoms with E-state index in [2.05, 4.69) is 52.0 Å². The summed E-state index contributed by atoms with van der Waals surface area (Å²) in [6.45, 7) is 10.5. The van der Waals surface area contributed by atoms with Crippen LogP contribution in [0.2, 0.25) is 0 Å². The highest BCUT2D eigenvalue weighted by Gasteiger charge is 2.28. The first kappa shape index (κ1) is 20.0. The molecule has 6 heteroatoms. The Bertz CT molecular complexity index is 302. The minimum Gasteiger partial charge on any atom is -0.400 e. The van der Waals surface area contributed by atoms with Gasteiger partial charge in [-0.05, 0) is 48.2 Å². The van der Waals surface area contributed by atoms with Gasteiger partial charge in [0, 0.05) is 41.0 Å². The summed E-state index contributed by atoms with van der Waals surface area (Å²) in [5, 5.41) is 3.38. The predicted octanol–water partition coefficient (Wildman–Crippen LogP) is 2.23. The summed E-state index contributed by atoms with van der Waals surface area (Å²) in [6.07, 6.45) is 2.88. The van der Waals surface area contributed by atoms with Gasteiger partial charge in [-0.3, -0.25) is 0 Å². The Labute approximate surface area is 132 Å². The normalized spacial score (nSPS) is 13.9. The van der Waals surface area contributed by atoms with E-state index in [1.807, 2.05) is 27.8 Å². The minimum absolute atomic E-state index is 0.00159. The molecule has 0 fully saturated rings. The highest BCUT2D eigenvalue weighted by Crippen LogP contribution is 2.40. The fourth-order valence-corrected chi connectivity index (χ4v) is 4.78. The molecule has 5 N–H and O–H groups in total. The van der Waals surface area contributed by atoms with Crippen LogP contribution >= 0.6 is 21.6 Å². The van der Waals surface area contributed by atoms with Gasteiger partial charge in [0.15, 0.2) is 0 Å². The van der Waals surface area contributed by atoms with Crippen LogP contribution in [0.4, 0.5) is 0 Å². The van der Waals surface area contributed by atoms with Crippen molar-refractivity contribution >= 4 is 21.6 Å². The van der Waals surface area contributed by atoms with Gasteiger partial charge in [0.2, 0.25) is 0 Å². The molecule has 0 aromatic heterocycles. The lowest BCUT2D eigenvalue weighted by atomic mass is 9.92. The Hall–Kier alpha value is -0.0400. The number of nitrogens with one attached hydrogen (secondary N) is 1. The van der Waals surface area contributed by atoms with Crippen LogP contribution in [0.25, 0.3) is 0 Å². The average molecular weight is 321 g/mol. The summed E-state index contributed by atoms with van der Waals surface area (Å²) in [5.41, 5.74) is 11.9. The fraction of sp³-hybridized carbons (Fsp3) is 0.857. The lowest BCUT2D eigenvalue weighted by Crippen LogP contribution is -2.41. The topological polar surface area (TPSA) is 67.3 Å². The van der Waals surface area contributed by atoms with E-state index in [1.54, 1.807) is 0 Å². The van der Waals surface area contributed by atoms with E-state index in [1.165, 1.54) is 0 Å². The van der Waals surface area contributed by atoms with Crippen LogP contribution < -0.4 is 16.8 Å². The summed E-state index contributed by atoms with van der Waals surface area (Å²) >= 11 is 0. The molecule has 20 heavy (non-hydrogen) atoms. The van der Waals surface area contributed by atoms with Crippen molar-refractivity contribution in [3.05, 3.63) is 11.9 Å². The van der Waals surface area contributed by atoms with Crippen LogP contribution in [0.1, 0.15) is 34.1 Å². The van der Waals surface area contributed by atoms with Crippen LogP contribution in [0.15, 0.2) is 11.9 Å². The maximum Gasteiger partial charge on any atom is 0.0379 e. The van der Waals surface area contributed by atoms with Crippen molar-refractivity contribution in [1.29, 1.82) is 0 Å². The van der Waals surface area contributed by atoms with Crippen molar-refractivity contribution in [2.45, 2.75) is 44.4 Å². The summed E-state index contributed by atoms with van der Waals surface area (Å²) in [6, 6.07) is 0. The third-order valence-electron chi connectivity index (χ3n) is 2.66. The second kappa shape index (κ2) is 9.07. The van der Waals surface area contributed by atoms with Crippen LogP contribution in [0, 0.1) is 0 Å². The predicted molar refractivity (Wildman–Crippen MR) is 95.8 cm³/mol. The molecule has 0 radical (unpaired) electrons. The van der Waals surface area contributed by atoms with E-state index < -0.39 is 0 Å². The van der Waals surface area contributed by atoms with Crippen molar-refractivity contribution < 1.29 is 0 Å². The van der Waals surface area contributed by atoms with E-state index in [9.17, 15) is 0 Å². The van der Waals surface area contributed by atoms with Crippen LogP contribution in [0.3, 0.4) is 0 Å². The van der Waals surface area contributed by atoms with Crippen molar-refractivity contribution in [3.63, 3.8) is 0 Å². The second-order valence-corrected chi connectivity index (χ2v) is 9.72. The molecule has 0 bridgehead atoms. The number of hydrogen-bond acceptors (Lipinski definition) is 6. The monoisotopic (exact) mass is 320 g/mol. The molecule has 0 unspecified atom stereocenters. The molecule has 0 aromatic carbocycles. The Balaban J connectivity index is 4.21. The van der Waals surface area contributed by atoms with Crippen LogP contribution in [-0.4, -0.2) is 48.1 Å². The summed E-state index contributed by atoms with van der Waals surface area (Å²) in [7, 11) is 8.12. The Morgan fingerprint density at radius 3 is 2.35 bits per heavy atom. The highest BCUT2D eigenvalue weighted by molar-refractivity contribution is 8.77. The summed E-state index contributed by atoms with van der Waals surface area (Å²) in [4.78, 5) is 2.21. The Morgan fingerprint density at radius 1 is 1.25 bits per heavy atom. The van der Waals surface area contributed by atoms with Gasteiger partial charge < -0.3 is 21.7 Å². The largest absolute Gasteiger partial charge is 0.400 e. The molecule has 0 amide bonds. The van der Waals surface area contributed by atoms with Gasteiger partial charge in [-0.1, -0.05) is 21.6 Å². The maximum absolute atomic E-state index is 5.73. The van der Waals surface area contributed by atoms with Gasteiger partial charge in [0.1, 0.15) is 0 Å². The van der Waals surface area contributed by atoms with Crippen LogP contribution in [0.5, 0.6) is 0 Å². The van der Waals surface area contributed by atoms with E-state index >= 15 is 0 Å². The number of nitrogens with zero attached hydrogens (tertiary/aromatic N) is 1. The first-order valence-corrected chi connectivity index (χ1v) is 9.27. The summed E-state index contributed by atoms with van der Waals surface area (Å²) in [5.74, 6) is 1.15. The van der Waals surface area contributed by atoms with E-state index in [0.29, 0.717) is 12.2 Å². The number of nitrogens with two attached hydrogens (primary N) is 2.